The molecular formula is C36H48F3N7O7S. The number of halogens is 3. The lowest BCUT2D eigenvalue weighted by atomic mass is 9.87. The number of carbonyl (C=O) groups is 3. The van der Waals surface area contributed by atoms with E-state index in [0.29, 0.717) is 35.9 Å². The topological polar surface area (TPSA) is 147 Å². The SMILES string of the molecule is Cc1cc(C2CCN(C3CN(C(=O)OC(C)(C)C)C3)CC2)cc2c1OCc1c(N3CCS(=O)(=NC(=O)C(F)(F)F)CC3)ncnc1N2C(=O)OC(C)(C)C. The number of likely N-dealkylation sites (tertiary alicyclic amines) is 2. The second-order valence-electron chi connectivity index (χ2n) is 16.2. The number of carbonyl (C=O) groups excluding carboxylic acids is 3. The Hall–Kier alpha value is -4.19. The molecule has 1 aromatic carbocycles. The minimum Gasteiger partial charge on any atom is -0.486 e. The van der Waals surface area contributed by atoms with Gasteiger partial charge >= 0.3 is 24.3 Å². The van der Waals surface area contributed by atoms with Crippen molar-refractivity contribution in [2.75, 3.05) is 60.6 Å². The zero-order valence-corrected chi connectivity index (χ0v) is 32.5. The lowest BCUT2D eigenvalue weighted by Gasteiger charge is -2.47. The van der Waals surface area contributed by atoms with Gasteiger partial charge in [-0.3, -0.25) is 9.69 Å². The van der Waals surface area contributed by atoms with Crippen LogP contribution in [-0.2, 0) is 30.6 Å². The highest BCUT2D eigenvalue weighted by Crippen LogP contribution is 2.46. The van der Waals surface area contributed by atoms with Crippen molar-refractivity contribution < 1.29 is 46.0 Å². The molecule has 3 saturated heterocycles. The van der Waals surface area contributed by atoms with Gasteiger partial charge in [-0.2, -0.15) is 17.5 Å². The van der Waals surface area contributed by atoms with Crippen LogP contribution in [0.3, 0.4) is 0 Å². The molecule has 18 heteroatoms. The van der Waals surface area contributed by atoms with Crippen molar-refractivity contribution in [1.29, 1.82) is 0 Å². The Balaban J connectivity index is 1.24. The Kier molecular flexibility index (Phi) is 10.6. The van der Waals surface area contributed by atoms with E-state index in [1.54, 1.807) is 30.6 Å². The molecule has 0 spiro atoms. The van der Waals surface area contributed by atoms with Gasteiger partial charge in [0.05, 0.1) is 21.0 Å². The summed E-state index contributed by atoms with van der Waals surface area (Å²) in [6.45, 7) is 15.7. The number of rotatable bonds is 3. The van der Waals surface area contributed by atoms with E-state index in [2.05, 4.69) is 25.3 Å². The number of piperidine rings is 1. The predicted molar refractivity (Wildman–Crippen MR) is 195 cm³/mol. The number of aryl methyl sites for hydroxylation is 1. The molecule has 0 N–H and O–H groups in total. The summed E-state index contributed by atoms with van der Waals surface area (Å²) in [5, 5.41) is 0. The Morgan fingerprint density at radius 3 is 2.07 bits per heavy atom. The van der Waals surface area contributed by atoms with E-state index in [1.807, 2.05) is 33.8 Å². The molecule has 0 radical (unpaired) electrons. The number of fused-ring (bicyclic) bond motifs is 2. The Bertz CT molecular complexity index is 1910. The average molecular weight is 780 g/mol. The first-order valence-corrected chi connectivity index (χ1v) is 19.9. The number of benzene rings is 1. The summed E-state index contributed by atoms with van der Waals surface area (Å²) in [4.78, 5) is 54.4. The second-order valence-corrected chi connectivity index (χ2v) is 18.7. The molecule has 296 valence electrons. The molecule has 6 rings (SSSR count). The lowest BCUT2D eigenvalue weighted by molar-refractivity contribution is -0.169. The van der Waals surface area contributed by atoms with Crippen LogP contribution < -0.4 is 14.5 Å². The van der Waals surface area contributed by atoms with Crippen LogP contribution in [0.1, 0.15) is 77.0 Å². The van der Waals surface area contributed by atoms with Gasteiger partial charge in [0.1, 0.15) is 35.7 Å². The highest BCUT2D eigenvalue weighted by atomic mass is 32.2. The number of hydrogen-bond donors (Lipinski definition) is 0. The first-order chi connectivity index (χ1) is 25.1. The fraction of sp³-hybridized carbons (Fsp3) is 0.639. The smallest absolute Gasteiger partial charge is 0.474 e. The first kappa shape index (κ1) is 39.5. The Morgan fingerprint density at radius 1 is 0.889 bits per heavy atom. The summed E-state index contributed by atoms with van der Waals surface area (Å²) in [5.41, 5.74) is 1.34. The summed E-state index contributed by atoms with van der Waals surface area (Å²) in [5.74, 6) is -1.69. The fourth-order valence-corrected chi connectivity index (χ4v) is 8.90. The van der Waals surface area contributed by atoms with Gasteiger partial charge in [-0.15, -0.1) is 0 Å². The Morgan fingerprint density at radius 2 is 1.48 bits per heavy atom. The molecule has 14 nitrogen and oxygen atoms in total. The van der Waals surface area contributed by atoms with Crippen LogP contribution in [-0.4, -0.2) is 116 Å². The van der Waals surface area contributed by atoms with Gasteiger partial charge in [-0.05, 0) is 97.5 Å². The molecule has 0 saturated carbocycles. The Labute approximate surface area is 313 Å². The maximum absolute atomic E-state index is 14.1. The number of ether oxygens (including phenoxy) is 3. The first-order valence-electron chi connectivity index (χ1n) is 18.1. The number of aromatic nitrogens is 2. The minimum atomic E-state index is -5.21. The number of anilines is 3. The highest BCUT2D eigenvalue weighted by Gasteiger charge is 2.42. The van der Waals surface area contributed by atoms with Crippen LogP contribution in [0.5, 0.6) is 5.75 Å². The predicted octanol–water partition coefficient (Wildman–Crippen LogP) is 5.93. The molecule has 3 amide bonds. The zero-order valence-electron chi connectivity index (χ0n) is 31.7. The van der Waals surface area contributed by atoms with Crippen molar-refractivity contribution in [3.8, 4) is 5.75 Å². The third-order valence-corrected chi connectivity index (χ3v) is 11.9. The summed E-state index contributed by atoms with van der Waals surface area (Å²) < 4.78 is 72.6. The summed E-state index contributed by atoms with van der Waals surface area (Å²) >= 11 is 0. The third-order valence-electron chi connectivity index (χ3n) is 9.75. The van der Waals surface area contributed by atoms with E-state index < -0.39 is 39.1 Å². The number of nitrogens with zero attached hydrogens (tertiary/aromatic N) is 7. The van der Waals surface area contributed by atoms with Crippen molar-refractivity contribution in [2.24, 2.45) is 4.36 Å². The third kappa shape index (κ3) is 8.69. The molecule has 0 aliphatic carbocycles. The van der Waals surface area contributed by atoms with Crippen LogP contribution in [0.2, 0.25) is 0 Å². The van der Waals surface area contributed by atoms with E-state index in [9.17, 15) is 31.8 Å². The van der Waals surface area contributed by atoms with Crippen LogP contribution in [0.15, 0.2) is 22.8 Å². The molecule has 0 unspecified atom stereocenters. The zero-order chi connectivity index (χ0) is 39.4. The number of amides is 3. The van der Waals surface area contributed by atoms with Crippen molar-refractivity contribution in [3.63, 3.8) is 0 Å². The van der Waals surface area contributed by atoms with Crippen LogP contribution in [0, 0.1) is 6.92 Å². The van der Waals surface area contributed by atoms with Crippen LogP contribution in [0.4, 0.5) is 40.1 Å². The van der Waals surface area contributed by atoms with Crippen LogP contribution >= 0.6 is 0 Å². The summed E-state index contributed by atoms with van der Waals surface area (Å²) in [6.07, 6.45) is -3.15. The van der Waals surface area contributed by atoms with Crippen LogP contribution in [0.25, 0.3) is 0 Å². The largest absolute Gasteiger partial charge is 0.486 e. The molecule has 54 heavy (non-hydrogen) atoms. The minimum absolute atomic E-state index is 0.00191. The van der Waals surface area contributed by atoms with Gasteiger partial charge in [0.25, 0.3) is 0 Å². The molecule has 5 heterocycles. The summed E-state index contributed by atoms with van der Waals surface area (Å²) in [7, 11) is -3.44. The number of alkyl halides is 3. The van der Waals surface area contributed by atoms with Gasteiger partial charge in [-0.1, -0.05) is 6.07 Å². The molecular weight excluding hydrogens is 731 g/mol. The monoisotopic (exact) mass is 779 g/mol. The molecule has 1 aromatic heterocycles. The van der Waals surface area contributed by atoms with E-state index in [-0.39, 0.29) is 55.1 Å². The van der Waals surface area contributed by atoms with Gasteiger partial charge < -0.3 is 24.0 Å². The van der Waals surface area contributed by atoms with Crippen molar-refractivity contribution >= 4 is 45.1 Å². The molecule has 4 aliphatic rings. The van der Waals surface area contributed by atoms with Gasteiger partial charge in [-0.25, -0.2) is 28.7 Å². The van der Waals surface area contributed by atoms with E-state index in [0.717, 1.165) is 37.1 Å². The van der Waals surface area contributed by atoms with Gasteiger partial charge in [0.15, 0.2) is 5.82 Å². The quantitative estimate of drug-likeness (QED) is 0.366. The normalized spacial score (nSPS) is 19.9. The molecule has 2 aromatic rings. The van der Waals surface area contributed by atoms with Gasteiger partial charge in [0.2, 0.25) is 0 Å². The van der Waals surface area contributed by atoms with E-state index in [4.69, 9.17) is 14.2 Å². The lowest BCUT2D eigenvalue weighted by Crippen LogP contribution is -2.62. The molecule has 0 atom stereocenters. The van der Waals surface area contributed by atoms with E-state index in [1.165, 1.54) is 11.2 Å². The standard InChI is InChI=1S/C36H48F3N7O7S/c1-22-16-24(23-8-10-43(11-9-23)25-18-45(19-25)32(48)52-34(2,3)4)17-27-28(22)51-20-26-29(40-21-41-30(26)46(27)33(49)53-35(5,6)7)44-12-14-54(50,15-13-44)42-31(47)36(37,38)39/h16-17,21,23,25H,8-15,18-20H2,1-7H3. The maximum Gasteiger partial charge on any atom is 0.474 e. The average Bonchev–Trinajstić information content (AvgIpc) is 3.20. The van der Waals surface area contributed by atoms with Crippen molar-refractivity contribution in [1.82, 2.24) is 19.8 Å². The molecule has 4 aliphatic heterocycles. The maximum atomic E-state index is 14.1. The van der Waals surface area contributed by atoms with Crippen molar-refractivity contribution in [2.45, 2.75) is 97.3 Å². The van der Waals surface area contributed by atoms with E-state index >= 15 is 0 Å². The molecule has 3 fully saturated rings. The van der Waals surface area contributed by atoms with Crippen molar-refractivity contribution in [3.05, 3.63) is 35.2 Å². The fourth-order valence-electron chi connectivity index (χ4n) is 7.10. The van der Waals surface area contributed by atoms with Gasteiger partial charge in [0, 0.05) is 43.7 Å². The molecule has 0 bridgehead atoms. The highest BCUT2D eigenvalue weighted by molar-refractivity contribution is 7.94. The number of hydrogen-bond acceptors (Lipinski definition) is 11. The summed E-state index contributed by atoms with van der Waals surface area (Å²) in [6, 6.07) is 4.30. The second kappa shape index (κ2) is 14.5.